The third kappa shape index (κ3) is 7.91. The van der Waals surface area contributed by atoms with Crippen LogP contribution in [0.2, 0.25) is 0 Å². The van der Waals surface area contributed by atoms with Crippen LogP contribution in [0.4, 0.5) is 0 Å². The molecule has 0 radical (unpaired) electrons. The second-order valence-electron chi connectivity index (χ2n) is 5.81. The maximum atomic E-state index is 10.4. The van der Waals surface area contributed by atoms with Crippen molar-refractivity contribution in [1.82, 2.24) is 0 Å². The Morgan fingerprint density at radius 2 is 1.64 bits per heavy atom. The molecule has 4 heteroatoms. The minimum atomic E-state index is 0.0813. The van der Waals surface area contributed by atoms with Gasteiger partial charge in [-0.2, -0.15) is 0 Å². The molecule has 0 saturated heterocycles. The first kappa shape index (κ1) is 18.3. The Bertz CT molecular complexity index is 411. The zero-order valence-electron chi connectivity index (χ0n) is 13.5. The van der Waals surface area contributed by atoms with Gasteiger partial charge in [-0.25, -0.2) is 0 Å². The summed E-state index contributed by atoms with van der Waals surface area (Å²) in [5.41, 5.74) is 0.972. The average molecular weight is 308 g/mol. The van der Waals surface area contributed by atoms with Gasteiger partial charge in [-0.05, 0) is 49.8 Å². The number of phenolic OH excluding ortho intramolecular Hbond substituents is 2. The molecule has 1 rings (SSSR count). The van der Waals surface area contributed by atoms with Crippen molar-refractivity contribution < 1.29 is 19.7 Å². The Morgan fingerprint density at radius 3 is 2.27 bits per heavy atom. The van der Waals surface area contributed by atoms with Gasteiger partial charge in [-0.15, -0.1) is 0 Å². The number of phenols is 2. The van der Waals surface area contributed by atoms with Crippen molar-refractivity contribution in [2.75, 3.05) is 0 Å². The van der Waals surface area contributed by atoms with Gasteiger partial charge in [-0.3, -0.25) is 4.79 Å². The number of rotatable bonds is 12. The van der Waals surface area contributed by atoms with E-state index < -0.39 is 0 Å². The molecule has 0 amide bonds. The molecule has 0 bridgehead atoms. The van der Waals surface area contributed by atoms with Gasteiger partial charge < -0.3 is 14.9 Å². The third-order valence-electron chi connectivity index (χ3n) is 3.81. The van der Waals surface area contributed by atoms with Gasteiger partial charge in [0.15, 0.2) is 0 Å². The van der Waals surface area contributed by atoms with E-state index >= 15 is 0 Å². The molecule has 1 atom stereocenters. The van der Waals surface area contributed by atoms with Gasteiger partial charge >= 0.3 is 0 Å². The van der Waals surface area contributed by atoms with Crippen LogP contribution in [0.1, 0.15) is 63.9 Å². The van der Waals surface area contributed by atoms with Crippen LogP contribution >= 0.6 is 0 Å². The Balaban J connectivity index is 2.09. The summed E-state index contributed by atoms with van der Waals surface area (Å²) in [7, 11) is 0. The monoisotopic (exact) mass is 308 g/mol. The summed E-state index contributed by atoms with van der Waals surface area (Å²) >= 11 is 0. The maximum Gasteiger partial charge on any atom is 0.293 e. The van der Waals surface area contributed by atoms with Crippen LogP contribution in [-0.4, -0.2) is 22.8 Å². The SMILES string of the molecule is CCCC(CCCCCCCc1cc(O)cc(O)c1)OC=O. The zero-order chi connectivity index (χ0) is 16.2. The predicted octanol–water partition coefficient (Wildman–Crippen LogP) is 4.32. The number of ether oxygens (including phenoxy) is 1. The topological polar surface area (TPSA) is 66.8 Å². The summed E-state index contributed by atoms with van der Waals surface area (Å²) in [4.78, 5) is 10.4. The minimum Gasteiger partial charge on any atom is -0.508 e. The molecule has 0 saturated carbocycles. The van der Waals surface area contributed by atoms with Crippen molar-refractivity contribution in [2.24, 2.45) is 0 Å². The largest absolute Gasteiger partial charge is 0.508 e. The highest BCUT2D eigenvalue weighted by molar-refractivity contribution is 5.37. The van der Waals surface area contributed by atoms with Crippen molar-refractivity contribution in [1.29, 1.82) is 0 Å². The van der Waals surface area contributed by atoms with Crippen LogP contribution in [-0.2, 0) is 16.0 Å². The number of carbonyl (C=O) groups excluding carboxylic acids is 1. The Labute approximate surface area is 133 Å². The number of unbranched alkanes of at least 4 members (excludes halogenated alkanes) is 4. The first-order valence-corrected chi connectivity index (χ1v) is 8.26. The molecule has 0 aliphatic rings. The summed E-state index contributed by atoms with van der Waals surface area (Å²) < 4.78 is 5.06. The van der Waals surface area contributed by atoms with E-state index in [1.165, 1.54) is 6.07 Å². The molecule has 1 unspecified atom stereocenters. The molecule has 0 aromatic heterocycles. The average Bonchev–Trinajstić information content (AvgIpc) is 2.45. The molecular formula is C18H28O4. The van der Waals surface area contributed by atoms with Gasteiger partial charge in [-0.1, -0.05) is 32.6 Å². The number of aromatic hydroxyl groups is 2. The predicted molar refractivity (Wildman–Crippen MR) is 87.0 cm³/mol. The second kappa shape index (κ2) is 10.9. The lowest BCUT2D eigenvalue weighted by atomic mass is 10.0. The van der Waals surface area contributed by atoms with E-state index in [1.54, 1.807) is 12.1 Å². The normalized spacial score (nSPS) is 12.0. The van der Waals surface area contributed by atoms with Gasteiger partial charge in [0, 0.05) is 6.07 Å². The van der Waals surface area contributed by atoms with Crippen molar-refractivity contribution in [3.8, 4) is 11.5 Å². The zero-order valence-corrected chi connectivity index (χ0v) is 13.5. The molecule has 0 heterocycles. The van der Waals surface area contributed by atoms with Crippen molar-refractivity contribution in [3.63, 3.8) is 0 Å². The highest BCUT2D eigenvalue weighted by Gasteiger charge is 2.07. The Morgan fingerprint density at radius 1 is 1.00 bits per heavy atom. The third-order valence-corrected chi connectivity index (χ3v) is 3.81. The van der Waals surface area contributed by atoms with Crippen LogP contribution < -0.4 is 0 Å². The molecule has 0 aliphatic heterocycles. The summed E-state index contributed by atoms with van der Waals surface area (Å²) in [6.45, 7) is 2.66. The molecule has 124 valence electrons. The fourth-order valence-corrected chi connectivity index (χ4v) is 2.71. The second-order valence-corrected chi connectivity index (χ2v) is 5.81. The van der Waals surface area contributed by atoms with E-state index in [1.807, 2.05) is 0 Å². The minimum absolute atomic E-state index is 0.0813. The van der Waals surface area contributed by atoms with Crippen LogP contribution in [0.15, 0.2) is 18.2 Å². The fraction of sp³-hybridized carbons (Fsp3) is 0.611. The number of carbonyl (C=O) groups is 1. The van der Waals surface area contributed by atoms with E-state index in [0.717, 1.165) is 63.4 Å². The first-order chi connectivity index (χ1) is 10.7. The van der Waals surface area contributed by atoms with Crippen molar-refractivity contribution in [3.05, 3.63) is 23.8 Å². The molecule has 4 nitrogen and oxygen atoms in total. The van der Waals surface area contributed by atoms with E-state index in [2.05, 4.69) is 6.92 Å². The summed E-state index contributed by atoms with van der Waals surface area (Å²) in [5, 5.41) is 18.8. The quantitative estimate of drug-likeness (QED) is 0.446. The smallest absolute Gasteiger partial charge is 0.293 e. The lowest BCUT2D eigenvalue weighted by molar-refractivity contribution is -0.134. The maximum absolute atomic E-state index is 10.4. The molecule has 0 fully saturated rings. The van der Waals surface area contributed by atoms with Gasteiger partial charge in [0.1, 0.15) is 17.6 Å². The van der Waals surface area contributed by atoms with Gasteiger partial charge in [0.05, 0.1) is 0 Å². The Hall–Kier alpha value is -1.71. The number of benzene rings is 1. The fourth-order valence-electron chi connectivity index (χ4n) is 2.71. The van der Waals surface area contributed by atoms with Crippen LogP contribution in [0, 0.1) is 0 Å². The molecule has 1 aromatic rings. The number of hydrogen-bond donors (Lipinski definition) is 2. The molecule has 0 aliphatic carbocycles. The van der Waals surface area contributed by atoms with E-state index in [4.69, 9.17) is 4.74 Å². The lowest BCUT2D eigenvalue weighted by Gasteiger charge is -2.13. The van der Waals surface area contributed by atoms with E-state index in [-0.39, 0.29) is 17.6 Å². The highest BCUT2D eigenvalue weighted by Crippen LogP contribution is 2.22. The molecule has 22 heavy (non-hydrogen) atoms. The van der Waals surface area contributed by atoms with E-state index in [9.17, 15) is 15.0 Å². The standard InChI is InChI=1S/C18H28O4/c1-2-8-18(22-14-19)10-7-5-3-4-6-9-15-11-16(20)13-17(21)12-15/h11-14,18,20-21H,2-10H2,1H3. The molecular weight excluding hydrogens is 280 g/mol. The molecule has 0 spiro atoms. The highest BCUT2D eigenvalue weighted by atomic mass is 16.5. The number of hydrogen-bond acceptors (Lipinski definition) is 4. The van der Waals surface area contributed by atoms with Crippen LogP contribution in [0.5, 0.6) is 11.5 Å². The molecule has 1 aromatic carbocycles. The summed E-state index contributed by atoms with van der Waals surface area (Å²) in [5.74, 6) is 0.235. The van der Waals surface area contributed by atoms with Crippen molar-refractivity contribution in [2.45, 2.75) is 70.8 Å². The first-order valence-electron chi connectivity index (χ1n) is 8.26. The molecule has 2 N–H and O–H groups in total. The Kier molecular flexibility index (Phi) is 9.12. The lowest BCUT2D eigenvalue weighted by Crippen LogP contribution is -2.11. The number of aryl methyl sites for hydroxylation is 1. The van der Waals surface area contributed by atoms with Crippen LogP contribution in [0.25, 0.3) is 0 Å². The van der Waals surface area contributed by atoms with Crippen molar-refractivity contribution >= 4 is 6.47 Å². The van der Waals surface area contributed by atoms with Crippen LogP contribution in [0.3, 0.4) is 0 Å². The van der Waals surface area contributed by atoms with Gasteiger partial charge in [0.2, 0.25) is 0 Å². The summed E-state index contributed by atoms with van der Waals surface area (Å²) in [6.07, 6.45) is 9.45. The summed E-state index contributed by atoms with van der Waals surface area (Å²) in [6, 6.07) is 4.75. The van der Waals surface area contributed by atoms with E-state index in [0.29, 0.717) is 6.47 Å². The van der Waals surface area contributed by atoms with Gasteiger partial charge in [0.25, 0.3) is 6.47 Å².